The normalized spacial score (nSPS) is 11.0. The van der Waals surface area contributed by atoms with Gasteiger partial charge in [-0.05, 0) is 24.6 Å². The molecule has 0 bridgehead atoms. The Morgan fingerprint density at radius 2 is 1.89 bits per heavy atom. The first-order chi connectivity index (χ1) is 13.0. The van der Waals surface area contributed by atoms with E-state index in [0.717, 1.165) is 12.2 Å². The molecule has 0 aliphatic rings. The minimum Gasteiger partial charge on any atom is -0.509 e. The van der Waals surface area contributed by atoms with E-state index in [-0.39, 0.29) is 33.3 Å². The first-order valence-corrected chi connectivity index (χ1v) is 9.75. The largest absolute Gasteiger partial charge is 0.509 e. The number of esters is 1. The van der Waals surface area contributed by atoms with Gasteiger partial charge in [-0.25, -0.2) is 0 Å². The molecule has 2 unspecified atom stereocenters. The Hall–Kier alpha value is -2.10. The van der Waals surface area contributed by atoms with Crippen LogP contribution in [-0.4, -0.2) is 24.3 Å². The van der Waals surface area contributed by atoms with E-state index in [0.29, 0.717) is 6.61 Å². The van der Waals surface area contributed by atoms with Crippen LogP contribution in [0.4, 0.5) is 0 Å². The van der Waals surface area contributed by atoms with Crippen LogP contribution in [0.25, 0.3) is 0 Å². The summed E-state index contributed by atoms with van der Waals surface area (Å²) in [5, 5.41) is 8.35. The smallest absolute Gasteiger partial charge is 0.308 e. The molecule has 1 rings (SSSR count). The van der Waals surface area contributed by atoms with E-state index < -0.39 is 0 Å². The molecular weight excluding hydrogens is 363 g/mol. The summed E-state index contributed by atoms with van der Waals surface area (Å²) in [6.07, 6.45) is 5.44. The summed E-state index contributed by atoms with van der Waals surface area (Å²) in [4.78, 5) is 11.3. The lowest BCUT2D eigenvalue weighted by Gasteiger charge is -2.09. The molecule has 27 heavy (non-hydrogen) atoms. The monoisotopic (exact) mass is 396 g/mol. The predicted octanol–water partition coefficient (Wildman–Crippen LogP) is 6.01. The number of carbonyl (C=O) groups excluding carboxylic acids is 1. The topological polar surface area (TPSA) is 65.0 Å². The van der Waals surface area contributed by atoms with Gasteiger partial charge in [-0.3, -0.25) is 4.79 Å². The molecule has 0 radical (unpaired) electrons. The Labute approximate surface area is 165 Å². The quantitative estimate of drug-likeness (QED) is 0.173. The fourth-order valence-corrected chi connectivity index (χ4v) is 1.74. The molecular formula is C21H33O5P. The van der Waals surface area contributed by atoms with Crippen molar-refractivity contribution in [2.45, 2.75) is 34.1 Å². The van der Waals surface area contributed by atoms with Crippen LogP contribution in [0.3, 0.4) is 0 Å². The van der Waals surface area contributed by atoms with Gasteiger partial charge in [0.25, 0.3) is 0 Å². The van der Waals surface area contributed by atoms with Gasteiger partial charge in [-0.2, -0.15) is 0 Å². The van der Waals surface area contributed by atoms with Crippen LogP contribution in [0.2, 0.25) is 0 Å². The van der Waals surface area contributed by atoms with Crippen molar-refractivity contribution in [2.75, 3.05) is 13.2 Å². The zero-order valence-corrected chi connectivity index (χ0v) is 17.8. The van der Waals surface area contributed by atoms with Gasteiger partial charge in [0.15, 0.2) is 0 Å². The second kappa shape index (κ2) is 20.2. The number of para-hydroxylation sites is 1. The molecule has 1 N–H and O–H groups in total. The van der Waals surface area contributed by atoms with Gasteiger partial charge in [0, 0.05) is 0 Å². The van der Waals surface area contributed by atoms with Gasteiger partial charge in [0.1, 0.15) is 18.1 Å². The molecule has 0 heterocycles. The van der Waals surface area contributed by atoms with Gasteiger partial charge in [0.05, 0.1) is 12.5 Å². The van der Waals surface area contributed by atoms with Crippen LogP contribution < -0.4 is 4.52 Å². The minimum absolute atomic E-state index is 0.0481. The number of allylic oxidation sites excluding steroid dienone is 3. The second-order valence-electron chi connectivity index (χ2n) is 4.91. The van der Waals surface area contributed by atoms with E-state index >= 15 is 0 Å². The SMILES string of the molecule is C=C/C=C\C(=C)O.CC.CCC(C)C(=O)OCCOPOc1ccccc1. The molecule has 5 nitrogen and oxygen atoms in total. The predicted molar refractivity (Wildman–Crippen MR) is 114 cm³/mol. The fourth-order valence-electron chi connectivity index (χ4n) is 1.28. The summed E-state index contributed by atoms with van der Waals surface area (Å²) in [6.45, 7) is 15.0. The third-order valence-corrected chi connectivity index (χ3v) is 3.47. The molecule has 0 saturated carbocycles. The maximum Gasteiger partial charge on any atom is 0.308 e. The van der Waals surface area contributed by atoms with Crippen molar-refractivity contribution in [1.82, 2.24) is 0 Å². The standard InChI is InChI=1S/C13H19O4P.C6H8O.C2H6/c1-3-11(2)13(14)15-9-10-16-18-17-12-7-5-4-6-8-12;1-3-4-5-6(2)7;1-2/h4-8,11,18H,3,9-10H2,1-2H3;3-5,7H,1-2H2;1-2H3/b;5-4-;. The number of rotatable bonds is 10. The summed E-state index contributed by atoms with van der Waals surface area (Å²) in [6, 6.07) is 9.44. The van der Waals surface area contributed by atoms with E-state index in [2.05, 4.69) is 13.2 Å². The van der Waals surface area contributed by atoms with Gasteiger partial charge >= 0.3 is 5.97 Å². The average molecular weight is 396 g/mol. The Morgan fingerprint density at radius 1 is 1.26 bits per heavy atom. The Kier molecular flexibility index (Phi) is 20.3. The molecule has 6 heteroatoms. The molecule has 152 valence electrons. The lowest BCUT2D eigenvalue weighted by Crippen LogP contribution is -2.16. The second-order valence-corrected chi connectivity index (χ2v) is 5.57. The van der Waals surface area contributed by atoms with Crippen molar-refractivity contribution in [1.29, 1.82) is 0 Å². The molecule has 0 fully saturated rings. The number of aliphatic hydroxyl groups is 1. The fraction of sp³-hybridized carbons (Fsp3) is 0.381. The maximum atomic E-state index is 11.3. The van der Waals surface area contributed by atoms with Crippen molar-refractivity contribution in [3.8, 4) is 5.75 Å². The van der Waals surface area contributed by atoms with Crippen LogP contribution >= 0.6 is 9.03 Å². The summed E-state index contributed by atoms with van der Waals surface area (Å²) in [5.74, 6) is 0.605. The first-order valence-electron chi connectivity index (χ1n) is 8.93. The molecule has 0 spiro atoms. The van der Waals surface area contributed by atoms with Crippen LogP contribution in [0, 0.1) is 5.92 Å². The van der Waals surface area contributed by atoms with Gasteiger partial charge in [-0.15, -0.1) is 0 Å². The third kappa shape index (κ3) is 18.5. The van der Waals surface area contributed by atoms with E-state index in [9.17, 15) is 4.79 Å². The highest BCUT2D eigenvalue weighted by molar-refractivity contribution is 7.26. The maximum absolute atomic E-state index is 11.3. The highest BCUT2D eigenvalue weighted by atomic mass is 31.1. The number of hydrogen-bond acceptors (Lipinski definition) is 5. The molecule has 1 aromatic rings. The summed E-state index contributed by atoms with van der Waals surface area (Å²) < 4.78 is 15.6. The third-order valence-electron chi connectivity index (χ3n) is 2.83. The Balaban J connectivity index is 0. The number of ether oxygens (including phenoxy) is 1. The number of benzene rings is 1. The van der Waals surface area contributed by atoms with Crippen molar-refractivity contribution in [3.05, 3.63) is 67.5 Å². The van der Waals surface area contributed by atoms with Crippen molar-refractivity contribution in [2.24, 2.45) is 5.92 Å². The molecule has 2 atom stereocenters. The van der Waals surface area contributed by atoms with Gasteiger partial charge < -0.3 is 18.9 Å². The lowest BCUT2D eigenvalue weighted by atomic mass is 10.1. The van der Waals surface area contributed by atoms with E-state index in [4.69, 9.17) is 18.9 Å². The molecule has 0 aliphatic carbocycles. The molecule has 1 aromatic carbocycles. The highest BCUT2D eigenvalue weighted by Crippen LogP contribution is 2.20. The summed E-state index contributed by atoms with van der Waals surface area (Å²) in [7, 11) is -0.0834. The van der Waals surface area contributed by atoms with Crippen LogP contribution in [0.15, 0.2) is 67.5 Å². The van der Waals surface area contributed by atoms with E-state index in [1.165, 1.54) is 6.08 Å². The van der Waals surface area contributed by atoms with Crippen molar-refractivity contribution in [3.63, 3.8) is 0 Å². The van der Waals surface area contributed by atoms with Crippen LogP contribution in [0.5, 0.6) is 5.75 Å². The van der Waals surface area contributed by atoms with E-state index in [1.54, 1.807) is 12.2 Å². The summed E-state index contributed by atoms with van der Waals surface area (Å²) >= 11 is 0. The molecule has 0 amide bonds. The average Bonchev–Trinajstić information content (AvgIpc) is 2.70. The van der Waals surface area contributed by atoms with Crippen molar-refractivity contribution < 1.29 is 23.7 Å². The van der Waals surface area contributed by atoms with Crippen molar-refractivity contribution >= 4 is 15.0 Å². The van der Waals surface area contributed by atoms with Gasteiger partial charge in [0.2, 0.25) is 9.03 Å². The molecule has 0 aromatic heterocycles. The van der Waals surface area contributed by atoms with E-state index in [1.807, 2.05) is 58.0 Å². The molecule has 0 saturated heterocycles. The Morgan fingerprint density at radius 3 is 2.37 bits per heavy atom. The number of carbonyl (C=O) groups is 1. The highest BCUT2D eigenvalue weighted by Gasteiger charge is 2.11. The first kappa shape index (κ1) is 27.1. The minimum atomic E-state index is -0.173. The number of hydrogen-bond donors (Lipinski definition) is 1. The van der Waals surface area contributed by atoms with Crippen LogP contribution in [-0.2, 0) is 14.1 Å². The van der Waals surface area contributed by atoms with Crippen LogP contribution in [0.1, 0.15) is 34.1 Å². The zero-order chi connectivity index (χ0) is 20.9. The zero-order valence-electron chi connectivity index (χ0n) is 16.8. The summed E-state index contributed by atoms with van der Waals surface area (Å²) in [5.41, 5.74) is 0. The van der Waals surface area contributed by atoms with Gasteiger partial charge in [-0.1, -0.05) is 71.2 Å². The Bertz CT molecular complexity index is 529. The lowest BCUT2D eigenvalue weighted by molar-refractivity contribution is -0.148. The molecule has 0 aliphatic heterocycles. The number of aliphatic hydroxyl groups excluding tert-OH is 1.